The minimum absolute atomic E-state index is 0.00491. The lowest BCUT2D eigenvalue weighted by molar-refractivity contribution is -0.128. The van der Waals surface area contributed by atoms with Crippen molar-refractivity contribution in [1.29, 1.82) is 0 Å². The summed E-state index contributed by atoms with van der Waals surface area (Å²) < 4.78 is 0. The zero-order valence-corrected chi connectivity index (χ0v) is 12.7. The molecule has 2 amide bonds. The summed E-state index contributed by atoms with van der Waals surface area (Å²) in [5.41, 5.74) is 1.37. The first-order valence-electron chi connectivity index (χ1n) is 7.55. The molecule has 1 aliphatic rings. The second-order valence-corrected chi connectivity index (χ2v) is 5.53. The zero-order chi connectivity index (χ0) is 15.5. The highest BCUT2D eigenvalue weighted by atomic mass is 16.2. The van der Waals surface area contributed by atoms with E-state index in [-0.39, 0.29) is 11.8 Å². The Morgan fingerprint density at radius 3 is 2.55 bits per heavy atom. The predicted octanol–water partition coefficient (Wildman–Crippen LogP) is 1.93. The summed E-state index contributed by atoms with van der Waals surface area (Å²) in [6.07, 6.45) is 2.52. The topological polar surface area (TPSA) is 53.5 Å². The van der Waals surface area contributed by atoms with Crippen LogP contribution in [0.15, 0.2) is 36.5 Å². The molecule has 0 radical (unpaired) electrons. The van der Waals surface area contributed by atoms with Gasteiger partial charge in [0.2, 0.25) is 5.91 Å². The van der Waals surface area contributed by atoms with Crippen molar-refractivity contribution in [2.45, 2.75) is 13.3 Å². The van der Waals surface area contributed by atoms with Crippen molar-refractivity contribution in [3.8, 4) is 0 Å². The van der Waals surface area contributed by atoms with Crippen LogP contribution in [0.1, 0.15) is 23.7 Å². The molecule has 0 saturated carbocycles. The van der Waals surface area contributed by atoms with Crippen molar-refractivity contribution in [2.75, 3.05) is 26.2 Å². The van der Waals surface area contributed by atoms with Gasteiger partial charge in [-0.15, -0.1) is 0 Å². The molecule has 1 aliphatic heterocycles. The highest BCUT2D eigenvalue weighted by molar-refractivity contribution is 6.05. The van der Waals surface area contributed by atoms with Gasteiger partial charge < -0.3 is 9.80 Å². The number of rotatable bonds is 1. The summed E-state index contributed by atoms with van der Waals surface area (Å²) in [4.78, 5) is 32.3. The predicted molar refractivity (Wildman–Crippen MR) is 84.5 cm³/mol. The van der Waals surface area contributed by atoms with E-state index in [9.17, 15) is 9.59 Å². The molecular formula is C17H19N3O2. The van der Waals surface area contributed by atoms with Crippen LogP contribution in [0, 0.1) is 0 Å². The van der Waals surface area contributed by atoms with Gasteiger partial charge in [-0.3, -0.25) is 14.6 Å². The van der Waals surface area contributed by atoms with Gasteiger partial charge in [-0.25, -0.2) is 0 Å². The molecule has 0 atom stereocenters. The van der Waals surface area contributed by atoms with Crippen LogP contribution in [0.3, 0.4) is 0 Å². The van der Waals surface area contributed by atoms with E-state index in [0.717, 1.165) is 17.3 Å². The van der Waals surface area contributed by atoms with Gasteiger partial charge in [-0.1, -0.05) is 18.2 Å². The lowest BCUT2D eigenvalue weighted by Gasteiger charge is -2.21. The van der Waals surface area contributed by atoms with Crippen molar-refractivity contribution in [3.63, 3.8) is 0 Å². The van der Waals surface area contributed by atoms with Crippen LogP contribution in [0.4, 0.5) is 0 Å². The Balaban J connectivity index is 1.85. The van der Waals surface area contributed by atoms with Gasteiger partial charge in [0.05, 0.1) is 11.1 Å². The van der Waals surface area contributed by atoms with E-state index in [0.29, 0.717) is 31.7 Å². The Hall–Kier alpha value is -2.43. The minimum atomic E-state index is -0.00491. The maximum absolute atomic E-state index is 12.8. The van der Waals surface area contributed by atoms with E-state index < -0.39 is 0 Å². The van der Waals surface area contributed by atoms with Crippen molar-refractivity contribution in [1.82, 2.24) is 14.8 Å². The van der Waals surface area contributed by atoms with Crippen molar-refractivity contribution in [3.05, 3.63) is 42.1 Å². The monoisotopic (exact) mass is 297 g/mol. The molecule has 2 aromatic rings. The first-order chi connectivity index (χ1) is 10.7. The van der Waals surface area contributed by atoms with Gasteiger partial charge in [-0.05, 0) is 18.6 Å². The Labute approximate surface area is 129 Å². The van der Waals surface area contributed by atoms with Crippen LogP contribution in [-0.4, -0.2) is 52.8 Å². The summed E-state index contributed by atoms with van der Waals surface area (Å²) in [5, 5.41) is 0.966. The van der Waals surface area contributed by atoms with Crippen molar-refractivity contribution < 1.29 is 9.59 Å². The lowest BCUT2D eigenvalue weighted by atomic mass is 10.1. The van der Waals surface area contributed by atoms with E-state index in [1.807, 2.05) is 35.2 Å². The minimum Gasteiger partial charge on any atom is -0.341 e. The Kier molecular flexibility index (Phi) is 4.04. The highest BCUT2D eigenvalue weighted by Gasteiger charge is 2.22. The van der Waals surface area contributed by atoms with Gasteiger partial charge in [-0.2, -0.15) is 0 Å². The maximum atomic E-state index is 12.8. The van der Waals surface area contributed by atoms with Gasteiger partial charge >= 0.3 is 0 Å². The number of para-hydroxylation sites is 1. The average Bonchev–Trinajstić information content (AvgIpc) is 2.80. The molecule has 1 aromatic carbocycles. The second-order valence-electron chi connectivity index (χ2n) is 5.53. The number of hydrogen-bond acceptors (Lipinski definition) is 3. The molecule has 1 aromatic heterocycles. The largest absolute Gasteiger partial charge is 0.341 e. The quantitative estimate of drug-likeness (QED) is 0.808. The van der Waals surface area contributed by atoms with Crippen LogP contribution >= 0.6 is 0 Å². The first-order valence-corrected chi connectivity index (χ1v) is 7.55. The summed E-state index contributed by atoms with van der Waals surface area (Å²) in [5.74, 6) is 0.0656. The standard InChI is InChI=1S/C17H19N3O2/c1-13(21)19-9-4-10-20(12-11-19)17(22)15-7-2-5-14-6-3-8-18-16(14)15/h2-3,5-8H,4,9-12H2,1H3. The number of carbonyl (C=O) groups is 2. The summed E-state index contributed by atoms with van der Waals surface area (Å²) in [6.45, 7) is 4.13. The number of fused-ring (bicyclic) bond motifs is 1. The van der Waals surface area contributed by atoms with Crippen LogP contribution < -0.4 is 0 Å². The molecule has 1 saturated heterocycles. The molecule has 0 bridgehead atoms. The molecule has 5 nitrogen and oxygen atoms in total. The molecule has 0 unspecified atom stereocenters. The Bertz CT molecular complexity index is 709. The summed E-state index contributed by atoms with van der Waals surface area (Å²) in [7, 11) is 0. The third kappa shape index (κ3) is 2.79. The molecule has 2 heterocycles. The molecule has 0 N–H and O–H groups in total. The normalized spacial score (nSPS) is 15.7. The number of hydrogen-bond donors (Lipinski definition) is 0. The van der Waals surface area contributed by atoms with Crippen molar-refractivity contribution in [2.24, 2.45) is 0 Å². The Morgan fingerprint density at radius 2 is 1.73 bits per heavy atom. The summed E-state index contributed by atoms with van der Waals surface area (Å²) in [6, 6.07) is 9.49. The number of amides is 2. The molecule has 22 heavy (non-hydrogen) atoms. The number of carbonyl (C=O) groups excluding carboxylic acids is 2. The van der Waals surface area contributed by atoms with E-state index in [1.54, 1.807) is 18.0 Å². The molecule has 0 aliphatic carbocycles. The fourth-order valence-electron chi connectivity index (χ4n) is 2.88. The van der Waals surface area contributed by atoms with E-state index in [2.05, 4.69) is 4.98 Å². The molecular weight excluding hydrogens is 278 g/mol. The SMILES string of the molecule is CC(=O)N1CCCN(C(=O)c2cccc3cccnc23)CC1. The molecule has 1 fully saturated rings. The van der Waals surface area contributed by atoms with Crippen LogP contribution in [0.5, 0.6) is 0 Å². The number of pyridine rings is 1. The third-order valence-electron chi connectivity index (χ3n) is 4.09. The Morgan fingerprint density at radius 1 is 1.00 bits per heavy atom. The first kappa shape index (κ1) is 14.5. The third-order valence-corrected chi connectivity index (χ3v) is 4.09. The van der Waals surface area contributed by atoms with Gasteiger partial charge in [0.15, 0.2) is 0 Å². The van der Waals surface area contributed by atoms with E-state index in [1.165, 1.54) is 0 Å². The maximum Gasteiger partial charge on any atom is 0.256 e. The van der Waals surface area contributed by atoms with E-state index >= 15 is 0 Å². The highest BCUT2D eigenvalue weighted by Crippen LogP contribution is 2.18. The van der Waals surface area contributed by atoms with E-state index in [4.69, 9.17) is 0 Å². The average molecular weight is 297 g/mol. The van der Waals surface area contributed by atoms with Crippen LogP contribution in [-0.2, 0) is 4.79 Å². The molecule has 3 rings (SSSR count). The smallest absolute Gasteiger partial charge is 0.256 e. The van der Waals surface area contributed by atoms with Gasteiger partial charge in [0.25, 0.3) is 5.91 Å². The number of benzene rings is 1. The second kappa shape index (κ2) is 6.13. The van der Waals surface area contributed by atoms with Crippen LogP contribution in [0.2, 0.25) is 0 Å². The zero-order valence-electron chi connectivity index (χ0n) is 12.7. The number of aromatic nitrogens is 1. The van der Waals surface area contributed by atoms with Gasteiger partial charge in [0.1, 0.15) is 0 Å². The molecule has 0 spiro atoms. The van der Waals surface area contributed by atoms with Crippen molar-refractivity contribution >= 4 is 22.7 Å². The molecule has 5 heteroatoms. The molecule has 114 valence electrons. The summed E-state index contributed by atoms with van der Waals surface area (Å²) >= 11 is 0. The van der Waals surface area contributed by atoms with Crippen LogP contribution in [0.25, 0.3) is 10.9 Å². The fraction of sp³-hybridized carbons (Fsp3) is 0.353. The lowest BCUT2D eigenvalue weighted by Crippen LogP contribution is -2.36. The number of nitrogens with zero attached hydrogens (tertiary/aromatic N) is 3. The fourth-order valence-corrected chi connectivity index (χ4v) is 2.88. The van der Waals surface area contributed by atoms with Gasteiger partial charge in [0, 0.05) is 44.7 Å².